The van der Waals surface area contributed by atoms with Gasteiger partial charge in [0.05, 0.1) is 16.5 Å². The molecule has 0 aromatic heterocycles. The Morgan fingerprint density at radius 1 is 1.43 bits per heavy atom. The molecule has 0 atom stereocenters. The highest BCUT2D eigenvalue weighted by Crippen LogP contribution is 2.44. The monoisotopic (exact) mass is 356 g/mol. The lowest BCUT2D eigenvalue weighted by Crippen LogP contribution is -2.25. The van der Waals surface area contributed by atoms with Crippen LogP contribution in [0, 0.1) is 6.92 Å². The molecule has 0 amide bonds. The van der Waals surface area contributed by atoms with Crippen molar-refractivity contribution >= 4 is 46.5 Å². The first-order valence-electron chi connectivity index (χ1n) is 6.14. The maximum Gasteiger partial charge on any atom is 0.398 e. The van der Waals surface area contributed by atoms with Crippen LogP contribution in [0.3, 0.4) is 0 Å². The molecule has 2 N–H and O–H groups in total. The standard InChI is InChI=1S/C13H13Cl2F3N2S/c1-7-4-8(14)10(21-6-13(16,17)18)5-9(7)20-11(19)12(15)2-3-12/h4-5H,2-3,6H2,1H3,(H2,19,20). The number of aliphatic imine (C=N–C) groups is 1. The summed E-state index contributed by atoms with van der Waals surface area (Å²) in [6, 6.07) is 3.10. The van der Waals surface area contributed by atoms with E-state index in [0.717, 1.165) is 18.4 Å². The molecule has 1 aromatic rings. The van der Waals surface area contributed by atoms with Gasteiger partial charge in [-0.05, 0) is 37.5 Å². The molecule has 1 saturated carbocycles. The average molecular weight is 357 g/mol. The molecule has 1 aliphatic rings. The number of alkyl halides is 4. The Kier molecular flexibility index (Phi) is 4.71. The summed E-state index contributed by atoms with van der Waals surface area (Å²) in [7, 11) is 0. The van der Waals surface area contributed by atoms with E-state index in [2.05, 4.69) is 4.99 Å². The van der Waals surface area contributed by atoms with Gasteiger partial charge >= 0.3 is 6.18 Å². The van der Waals surface area contributed by atoms with Crippen molar-refractivity contribution in [2.45, 2.75) is 35.7 Å². The molecular weight excluding hydrogens is 344 g/mol. The maximum absolute atomic E-state index is 12.3. The van der Waals surface area contributed by atoms with E-state index in [1.165, 1.54) is 6.07 Å². The SMILES string of the molecule is Cc1cc(Cl)c(SCC(F)(F)F)cc1/N=C(\N)C1(Cl)CC1. The Labute approximate surface area is 134 Å². The minimum Gasteiger partial charge on any atom is -0.386 e. The maximum atomic E-state index is 12.3. The van der Waals surface area contributed by atoms with E-state index in [4.69, 9.17) is 28.9 Å². The largest absolute Gasteiger partial charge is 0.398 e. The number of hydrogen-bond acceptors (Lipinski definition) is 2. The second-order valence-corrected chi connectivity index (χ2v) is 7.08. The van der Waals surface area contributed by atoms with Crippen LogP contribution in [-0.2, 0) is 0 Å². The van der Waals surface area contributed by atoms with Crippen molar-refractivity contribution in [2.24, 2.45) is 10.7 Å². The number of amidine groups is 1. The fourth-order valence-electron chi connectivity index (χ4n) is 1.63. The molecule has 1 fully saturated rings. The Hall–Kier alpha value is -0.590. The molecule has 1 aromatic carbocycles. The van der Waals surface area contributed by atoms with Crippen LogP contribution in [0.2, 0.25) is 5.02 Å². The molecular formula is C13H13Cl2F3N2S. The predicted molar refractivity (Wildman–Crippen MR) is 82.1 cm³/mol. The first kappa shape index (κ1) is 16.8. The summed E-state index contributed by atoms with van der Waals surface area (Å²) < 4.78 is 36.9. The normalized spacial score (nSPS) is 17.9. The van der Waals surface area contributed by atoms with Crippen LogP contribution in [0.25, 0.3) is 0 Å². The highest BCUT2D eigenvalue weighted by Gasteiger charge is 2.44. The van der Waals surface area contributed by atoms with Gasteiger partial charge in [0.1, 0.15) is 10.7 Å². The fourth-order valence-corrected chi connectivity index (χ4v) is 2.86. The smallest absolute Gasteiger partial charge is 0.386 e. The summed E-state index contributed by atoms with van der Waals surface area (Å²) in [4.78, 5) is 3.98. The molecule has 1 aliphatic carbocycles. The molecule has 0 aliphatic heterocycles. The molecule has 0 radical (unpaired) electrons. The van der Waals surface area contributed by atoms with E-state index in [0.29, 0.717) is 28.2 Å². The number of halogens is 5. The third kappa shape index (κ3) is 4.44. The van der Waals surface area contributed by atoms with E-state index in [1.807, 2.05) is 0 Å². The molecule has 2 nitrogen and oxygen atoms in total. The third-order valence-electron chi connectivity index (χ3n) is 3.03. The zero-order valence-corrected chi connectivity index (χ0v) is 13.4. The molecule has 2 rings (SSSR count). The molecule has 116 valence electrons. The number of rotatable bonds is 4. The van der Waals surface area contributed by atoms with Gasteiger partial charge in [0.15, 0.2) is 0 Å². The molecule has 0 spiro atoms. The Balaban J connectivity index is 2.26. The number of hydrogen-bond donors (Lipinski definition) is 1. The van der Waals surface area contributed by atoms with Gasteiger partial charge in [0, 0.05) is 4.90 Å². The highest BCUT2D eigenvalue weighted by atomic mass is 35.5. The summed E-state index contributed by atoms with van der Waals surface area (Å²) in [5.41, 5.74) is 7.07. The molecule has 0 unspecified atom stereocenters. The van der Waals surface area contributed by atoms with Gasteiger partial charge in [0.2, 0.25) is 0 Å². The minimum absolute atomic E-state index is 0.270. The van der Waals surface area contributed by atoms with Crippen molar-refractivity contribution < 1.29 is 13.2 Å². The number of benzene rings is 1. The van der Waals surface area contributed by atoms with E-state index in [-0.39, 0.29) is 5.02 Å². The van der Waals surface area contributed by atoms with Gasteiger partial charge in [-0.1, -0.05) is 11.6 Å². The van der Waals surface area contributed by atoms with Gasteiger partial charge in [-0.3, -0.25) is 0 Å². The van der Waals surface area contributed by atoms with Crippen LogP contribution in [0.5, 0.6) is 0 Å². The number of nitrogens with two attached hydrogens (primary N) is 1. The van der Waals surface area contributed by atoms with Gasteiger partial charge in [-0.15, -0.1) is 23.4 Å². The summed E-state index contributed by atoms with van der Waals surface area (Å²) in [5, 5.41) is 0.270. The fraction of sp³-hybridized carbons (Fsp3) is 0.462. The molecule has 0 saturated heterocycles. The lowest BCUT2D eigenvalue weighted by Gasteiger charge is -2.11. The Bertz CT molecular complexity index is 584. The van der Waals surface area contributed by atoms with E-state index < -0.39 is 16.8 Å². The van der Waals surface area contributed by atoms with Crippen molar-refractivity contribution in [2.75, 3.05) is 5.75 Å². The van der Waals surface area contributed by atoms with Crippen molar-refractivity contribution in [3.8, 4) is 0 Å². The summed E-state index contributed by atoms with van der Waals surface area (Å²) in [6.45, 7) is 1.77. The highest BCUT2D eigenvalue weighted by molar-refractivity contribution is 7.99. The third-order valence-corrected chi connectivity index (χ3v) is 5.15. The number of thioether (sulfide) groups is 1. The first-order chi connectivity index (χ1) is 9.61. The zero-order valence-electron chi connectivity index (χ0n) is 11.1. The van der Waals surface area contributed by atoms with E-state index >= 15 is 0 Å². The van der Waals surface area contributed by atoms with Crippen LogP contribution in [-0.4, -0.2) is 22.6 Å². The Morgan fingerprint density at radius 2 is 2.05 bits per heavy atom. The van der Waals surface area contributed by atoms with Crippen LogP contribution in [0.4, 0.5) is 18.9 Å². The Morgan fingerprint density at radius 3 is 2.57 bits per heavy atom. The second kappa shape index (κ2) is 5.89. The predicted octanol–water partition coefficient (Wildman–Crippen LogP) is 5.06. The lowest BCUT2D eigenvalue weighted by atomic mass is 10.2. The number of aryl methyl sites for hydroxylation is 1. The summed E-state index contributed by atoms with van der Waals surface area (Å²) >= 11 is 12.8. The van der Waals surface area contributed by atoms with Crippen LogP contribution < -0.4 is 5.73 Å². The van der Waals surface area contributed by atoms with E-state index in [9.17, 15) is 13.2 Å². The van der Waals surface area contributed by atoms with Crippen LogP contribution in [0.15, 0.2) is 22.0 Å². The number of nitrogens with zero attached hydrogens (tertiary/aromatic N) is 1. The van der Waals surface area contributed by atoms with Crippen LogP contribution in [0.1, 0.15) is 18.4 Å². The van der Waals surface area contributed by atoms with Crippen molar-refractivity contribution in [3.63, 3.8) is 0 Å². The van der Waals surface area contributed by atoms with Crippen LogP contribution >= 0.6 is 35.0 Å². The van der Waals surface area contributed by atoms with Gasteiger partial charge in [-0.25, -0.2) is 4.99 Å². The van der Waals surface area contributed by atoms with Gasteiger partial charge < -0.3 is 5.73 Å². The topological polar surface area (TPSA) is 38.4 Å². The zero-order chi connectivity index (χ0) is 15.8. The van der Waals surface area contributed by atoms with Crippen molar-refractivity contribution in [1.82, 2.24) is 0 Å². The minimum atomic E-state index is -4.25. The molecule has 8 heteroatoms. The van der Waals surface area contributed by atoms with Crippen molar-refractivity contribution in [3.05, 3.63) is 22.7 Å². The van der Waals surface area contributed by atoms with E-state index in [1.54, 1.807) is 13.0 Å². The first-order valence-corrected chi connectivity index (χ1v) is 7.88. The average Bonchev–Trinajstić information content (AvgIpc) is 3.09. The van der Waals surface area contributed by atoms with Gasteiger partial charge in [0.25, 0.3) is 0 Å². The summed E-state index contributed by atoms with van der Waals surface area (Å²) in [6.07, 6.45) is -2.74. The van der Waals surface area contributed by atoms with Crippen molar-refractivity contribution in [1.29, 1.82) is 0 Å². The quantitative estimate of drug-likeness (QED) is 0.354. The molecule has 0 heterocycles. The lowest BCUT2D eigenvalue weighted by molar-refractivity contribution is -0.105. The van der Waals surface area contributed by atoms with Gasteiger partial charge in [-0.2, -0.15) is 13.2 Å². The second-order valence-electron chi connectivity index (χ2n) is 4.94. The molecule has 21 heavy (non-hydrogen) atoms. The molecule has 0 bridgehead atoms. The summed E-state index contributed by atoms with van der Waals surface area (Å²) in [5.74, 6) is -0.713.